The molecule has 0 aliphatic rings. The van der Waals surface area contributed by atoms with Gasteiger partial charge in [0.1, 0.15) is 0 Å². The summed E-state index contributed by atoms with van der Waals surface area (Å²) in [6.45, 7) is 1.67. The maximum absolute atomic E-state index is 7.04. The van der Waals surface area contributed by atoms with Crippen molar-refractivity contribution in [1.82, 2.24) is 4.90 Å². The van der Waals surface area contributed by atoms with Gasteiger partial charge in [0.2, 0.25) is 0 Å². The molecule has 0 unspecified atom stereocenters. The Morgan fingerprint density at radius 1 is 1.40 bits per heavy atom. The predicted octanol–water partition coefficient (Wildman–Crippen LogP) is -0.0508. The van der Waals surface area contributed by atoms with E-state index in [4.69, 9.17) is 15.1 Å². The van der Waals surface area contributed by atoms with Crippen LogP contribution in [0.25, 0.3) is 0 Å². The third-order valence-electron chi connectivity index (χ3n) is 1.05. The molecule has 0 aromatic rings. The number of rotatable bonds is 5. The van der Waals surface area contributed by atoms with Crippen molar-refractivity contribution in [2.24, 2.45) is 0 Å². The van der Waals surface area contributed by atoms with Crippen molar-refractivity contribution >= 4 is 12.4 Å². The van der Waals surface area contributed by atoms with E-state index in [1.54, 1.807) is 0 Å². The monoisotopic (exact) mass is 157 g/mol. The molecule has 0 aliphatic carbocycles. The van der Waals surface area contributed by atoms with Crippen molar-refractivity contribution in [3.63, 3.8) is 0 Å². The van der Waals surface area contributed by atoms with E-state index in [9.17, 15) is 0 Å². The highest BCUT2D eigenvalue weighted by Gasteiger charge is 1.96. The normalized spacial score (nSPS) is 12.9. The quantitative estimate of drug-likeness (QED) is 0.506. The van der Waals surface area contributed by atoms with Crippen LogP contribution in [0, 0.1) is 24.7 Å². The molecule has 0 rings (SSSR count). The molecular formula is C8H13NS. The highest BCUT2D eigenvalue weighted by atomic mass is 32.1. The van der Waals surface area contributed by atoms with Gasteiger partial charge < -0.3 is 0 Å². The Hall–Kier alpha value is -0.570. The van der Waals surface area contributed by atoms with Gasteiger partial charge in [-0.05, 0) is 5.75 Å². The average molecular weight is 157 g/mol. The van der Waals surface area contributed by atoms with Crippen LogP contribution in [0.4, 0.5) is 0 Å². The van der Waals surface area contributed by atoms with Gasteiger partial charge in [-0.2, -0.15) is 0 Å². The van der Waals surface area contributed by atoms with E-state index in [-0.39, 0.29) is 0 Å². The molecule has 2 heteroatoms. The van der Waals surface area contributed by atoms with Gasteiger partial charge in [0.25, 0.3) is 0 Å². The largest absolute Gasteiger partial charge is 0.280 e. The predicted molar refractivity (Wildman–Crippen MR) is 50.7 cm³/mol. The lowest BCUT2D eigenvalue weighted by Crippen LogP contribution is -2.26. The number of nitrogens with zero attached hydrogens (tertiary/aromatic N) is 1. The molecule has 56 valence electrons. The third-order valence-corrected chi connectivity index (χ3v) is 1.25. The van der Waals surface area contributed by atoms with Crippen molar-refractivity contribution < 1.29 is 0 Å². The Labute approximate surface area is 70.4 Å². The molecule has 0 aromatic carbocycles. The van der Waals surface area contributed by atoms with Crippen LogP contribution in [0.2, 0.25) is 0 Å². The number of hydrogen-bond donors (Lipinski definition) is 0. The first-order valence-corrected chi connectivity index (χ1v) is 3.68. The minimum atomic E-state index is -1.33. The lowest BCUT2D eigenvalue weighted by atomic mass is 10.5. The summed E-state index contributed by atoms with van der Waals surface area (Å²) < 4.78 is 14.1. The van der Waals surface area contributed by atoms with Crippen molar-refractivity contribution in [2.75, 3.05) is 25.4 Å². The van der Waals surface area contributed by atoms with Gasteiger partial charge in [-0.3, -0.25) is 17.3 Å². The Morgan fingerprint density at radius 2 is 2.00 bits per heavy atom. The van der Waals surface area contributed by atoms with Crippen LogP contribution < -0.4 is 0 Å². The standard InChI is InChI=1S/C8H13NS/c1-3-5-9(6-4-2)7-8-10/h1-2H,5-8H2,10H3/i10D2. The van der Waals surface area contributed by atoms with Crippen LogP contribution in [0.15, 0.2) is 0 Å². The molecule has 0 spiro atoms. The van der Waals surface area contributed by atoms with E-state index in [1.807, 2.05) is 4.90 Å². The van der Waals surface area contributed by atoms with Gasteiger partial charge in [0.05, 0.1) is 15.3 Å². The van der Waals surface area contributed by atoms with Crippen molar-refractivity contribution in [1.29, 1.82) is 2.25 Å². The van der Waals surface area contributed by atoms with Crippen LogP contribution in [-0.2, 0) is 0 Å². The first-order chi connectivity index (χ1) is 5.70. The maximum atomic E-state index is 7.04. The zero-order valence-corrected chi connectivity index (χ0v) is 6.77. The summed E-state index contributed by atoms with van der Waals surface area (Å²) in [7, 11) is 0. The number of hydrogen-bond acceptors (Lipinski definition) is 1. The summed E-state index contributed by atoms with van der Waals surface area (Å²) in [5.41, 5.74) is 0. The average Bonchev–Trinajstić information content (AvgIpc) is 2.01. The SMILES string of the molecule is [2H][SH]([2H])CCN(CC#C)CC#C. The van der Waals surface area contributed by atoms with E-state index < -0.39 is 12.4 Å². The van der Waals surface area contributed by atoms with Crippen LogP contribution >= 0.6 is 12.4 Å². The fourth-order valence-electron chi connectivity index (χ4n) is 0.614. The van der Waals surface area contributed by atoms with Gasteiger partial charge in [-0.25, -0.2) is 0 Å². The summed E-state index contributed by atoms with van der Waals surface area (Å²) in [5.74, 6) is 5.54. The lowest BCUT2D eigenvalue weighted by molar-refractivity contribution is 0.369. The summed E-state index contributed by atoms with van der Waals surface area (Å²) in [5, 5.41) is 0. The van der Waals surface area contributed by atoms with Gasteiger partial charge in [0.15, 0.2) is 0 Å². The van der Waals surface area contributed by atoms with Crippen molar-refractivity contribution in [3.8, 4) is 24.7 Å². The summed E-state index contributed by atoms with van der Waals surface area (Å²) >= 11 is -1.33. The second-order valence-electron chi connectivity index (χ2n) is 1.84. The molecule has 0 aliphatic heterocycles. The fraction of sp³-hybridized carbons (Fsp3) is 0.500. The minimum Gasteiger partial charge on any atom is -0.280 e. The van der Waals surface area contributed by atoms with Crippen LogP contribution in [0.5, 0.6) is 0 Å². The molecule has 0 amide bonds. The second kappa shape index (κ2) is 6.55. The second-order valence-corrected chi connectivity index (χ2v) is 2.29. The van der Waals surface area contributed by atoms with E-state index in [0.29, 0.717) is 25.4 Å². The lowest BCUT2D eigenvalue weighted by Gasteiger charge is -2.14. The highest BCUT2D eigenvalue weighted by Crippen LogP contribution is 1.86. The smallest absolute Gasteiger partial charge is 0.0760 e. The molecule has 0 bridgehead atoms. The van der Waals surface area contributed by atoms with Gasteiger partial charge in [0, 0.05) is 6.54 Å². The molecule has 0 saturated carbocycles. The molecule has 0 heterocycles. The minimum absolute atomic E-state index is 0.507. The topological polar surface area (TPSA) is 3.24 Å². The van der Waals surface area contributed by atoms with Crippen LogP contribution in [0.3, 0.4) is 0 Å². The third kappa shape index (κ3) is 4.32. The first kappa shape index (κ1) is 6.16. The summed E-state index contributed by atoms with van der Waals surface area (Å²) in [6.07, 6.45) is 10.2. The first-order valence-electron chi connectivity index (χ1n) is 3.94. The fourth-order valence-corrected chi connectivity index (χ4v) is 0.896. The van der Waals surface area contributed by atoms with Crippen LogP contribution in [-0.4, -0.2) is 32.5 Å². The van der Waals surface area contributed by atoms with Gasteiger partial charge in [-0.1, -0.05) is 11.8 Å². The molecule has 0 N–H and O–H groups in total. The highest BCUT2D eigenvalue weighted by molar-refractivity contribution is 7.80. The molecule has 0 fully saturated rings. The Morgan fingerprint density at radius 3 is 2.40 bits per heavy atom. The molecule has 0 saturated heterocycles. The molecule has 0 aromatic heterocycles. The van der Waals surface area contributed by atoms with Crippen molar-refractivity contribution in [3.05, 3.63) is 0 Å². The zero-order valence-electron chi connectivity index (χ0n) is 7.88. The van der Waals surface area contributed by atoms with Crippen LogP contribution in [0.1, 0.15) is 0 Å². The zero-order chi connectivity index (χ0) is 9.40. The Balaban J connectivity index is 3.66. The maximum Gasteiger partial charge on any atom is 0.0760 e. The Bertz CT molecular complexity index is 176. The van der Waals surface area contributed by atoms with E-state index in [1.165, 1.54) is 0 Å². The molecule has 0 atom stereocenters. The number of terminal acetylenes is 2. The molecule has 10 heavy (non-hydrogen) atoms. The van der Waals surface area contributed by atoms with Gasteiger partial charge in [-0.15, -0.1) is 12.8 Å². The van der Waals surface area contributed by atoms with Crippen molar-refractivity contribution in [2.45, 2.75) is 0 Å². The van der Waals surface area contributed by atoms with E-state index in [2.05, 4.69) is 11.8 Å². The summed E-state index contributed by atoms with van der Waals surface area (Å²) in [4.78, 5) is 1.89. The van der Waals surface area contributed by atoms with Gasteiger partial charge >= 0.3 is 0 Å². The molecule has 0 radical (unpaired) electrons. The summed E-state index contributed by atoms with van der Waals surface area (Å²) in [6, 6.07) is 0. The Kier molecular flexibility index (Phi) is 4.03. The van der Waals surface area contributed by atoms with E-state index >= 15 is 0 Å². The molecule has 1 nitrogen and oxygen atoms in total. The molecular weight excluding hydrogens is 142 g/mol. The van der Waals surface area contributed by atoms with E-state index in [0.717, 1.165) is 0 Å².